The van der Waals surface area contributed by atoms with Gasteiger partial charge in [-0.05, 0) is 42.4 Å². The molecule has 21 heavy (non-hydrogen) atoms. The Hall–Kier alpha value is -2.36. The molecule has 1 aliphatic rings. The number of hydrogen-bond acceptors (Lipinski definition) is 3. The molecule has 0 spiro atoms. The second kappa shape index (κ2) is 5.56. The van der Waals surface area contributed by atoms with Crippen molar-refractivity contribution in [2.75, 3.05) is 5.32 Å². The first-order chi connectivity index (χ1) is 10.1. The zero-order valence-corrected chi connectivity index (χ0v) is 12.0. The van der Waals surface area contributed by atoms with Crippen LogP contribution in [-0.2, 0) is 6.54 Å². The molecule has 0 radical (unpaired) electrons. The van der Waals surface area contributed by atoms with Crippen molar-refractivity contribution in [1.82, 2.24) is 0 Å². The highest BCUT2D eigenvalue weighted by Crippen LogP contribution is 2.39. The van der Waals surface area contributed by atoms with E-state index in [9.17, 15) is 10.1 Å². The summed E-state index contributed by atoms with van der Waals surface area (Å²) in [6.45, 7) is 2.62. The van der Waals surface area contributed by atoms with E-state index in [1.807, 2.05) is 6.92 Å². The minimum absolute atomic E-state index is 0.118. The molecular formula is C17H18N2O2. The molecule has 0 bridgehead atoms. The molecule has 0 saturated heterocycles. The van der Waals surface area contributed by atoms with Gasteiger partial charge in [-0.1, -0.05) is 30.3 Å². The van der Waals surface area contributed by atoms with Crippen molar-refractivity contribution >= 4 is 11.4 Å². The van der Waals surface area contributed by atoms with E-state index in [4.69, 9.17) is 0 Å². The maximum Gasteiger partial charge on any atom is 0.271 e. The summed E-state index contributed by atoms with van der Waals surface area (Å²) in [7, 11) is 0. The number of benzene rings is 2. The topological polar surface area (TPSA) is 55.2 Å². The van der Waals surface area contributed by atoms with Crippen LogP contribution in [0.3, 0.4) is 0 Å². The minimum atomic E-state index is -0.366. The molecule has 0 heterocycles. The van der Waals surface area contributed by atoms with Crippen LogP contribution < -0.4 is 5.32 Å². The van der Waals surface area contributed by atoms with Crippen LogP contribution in [-0.4, -0.2) is 4.92 Å². The first kappa shape index (κ1) is 13.6. The Labute approximate surface area is 124 Å². The van der Waals surface area contributed by atoms with E-state index in [0.29, 0.717) is 6.54 Å². The highest BCUT2D eigenvalue weighted by Gasteiger charge is 2.22. The number of non-ortho nitro benzene ring substituents is 1. The van der Waals surface area contributed by atoms with Crippen LogP contribution in [0.4, 0.5) is 11.4 Å². The Kier molecular flexibility index (Phi) is 3.60. The standard InChI is InChI=1S/C17H18N2O2/c1-12-2-9-16(19(20)21)10-17(12)18-11-13-3-5-14(6-4-13)15-7-8-15/h2-6,9-10,15,18H,7-8,11H2,1H3. The number of nitro groups is 1. The van der Waals surface area contributed by atoms with Gasteiger partial charge in [-0.2, -0.15) is 0 Å². The van der Waals surface area contributed by atoms with Gasteiger partial charge in [-0.25, -0.2) is 0 Å². The molecule has 1 fully saturated rings. The van der Waals surface area contributed by atoms with Crippen molar-refractivity contribution < 1.29 is 4.92 Å². The van der Waals surface area contributed by atoms with Crippen molar-refractivity contribution in [2.45, 2.75) is 32.2 Å². The molecule has 108 valence electrons. The Morgan fingerprint density at radius 3 is 2.52 bits per heavy atom. The van der Waals surface area contributed by atoms with Gasteiger partial charge in [0.1, 0.15) is 0 Å². The Balaban J connectivity index is 1.68. The third-order valence-electron chi connectivity index (χ3n) is 3.94. The van der Waals surface area contributed by atoms with E-state index in [-0.39, 0.29) is 10.6 Å². The lowest BCUT2D eigenvalue weighted by Crippen LogP contribution is -2.02. The number of hydrogen-bond donors (Lipinski definition) is 1. The quantitative estimate of drug-likeness (QED) is 0.653. The van der Waals surface area contributed by atoms with Crippen LogP contribution in [0.5, 0.6) is 0 Å². The highest BCUT2D eigenvalue weighted by molar-refractivity contribution is 5.57. The summed E-state index contributed by atoms with van der Waals surface area (Å²) in [5.41, 5.74) is 4.55. The average Bonchev–Trinajstić information content (AvgIpc) is 3.31. The average molecular weight is 282 g/mol. The zero-order valence-electron chi connectivity index (χ0n) is 12.0. The van der Waals surface area contributed by atoms with Gasteiger partial charge in [0, 0.05) is 24.4 Å². The number of nitrogens with zero attached hydrogens (tertiary/aromatic N) is 1. The molecule has 0 aromatic heterocycles. The van der Waals surface area contributed by atoms with Crippen LogP contribution in [0.15, 0.2) is 42.5 Å². The van der Waals surface area contributed by atoms with Crippen molar-refractivity contribution in [2.24, 2.45) is 0 Å². The zero-order chi connectivity index (χ0) is 14.8. The molecule has 1 saturated carbocycles. The highest BCUT2D eigenvalue weighted by atomic mass is 16.6. The molecule has 2 aromatic rings. The first-order valence-electron chi connectivity index (χ1n) is 7.21. The second-order valence-corrected chi connectivity index (χ2v) is 5.63. The lowest BCUT2D eigenvalue weighted by Gasteiger charge is -2.10. The fraction of sp³-hybridized carbons (Fsp3) is 0.294. The molecule has 0 amide bonds. The predicted molar refractivity (Wildman–Crippen MR) is 83.6 cm³/mol. The van der Waals surface area contributed by atoms with Crippen LogP contribution in [0.2, 0.25) is 0 Å². The van der Waals surface area contributed by atoms with Crippen LogP contribution in [0, 0.1) is 17.0 Å². The van der Waals surface area contributed by atoms with E-state index in [0.717, 1.165) is 17.2 Å². The number of rotatable bonds is 5. The van der Waals surface area contributed by atoms with Gasteiger partial charge in [0.25, 0.3) is 5.69 Å². The van der Waals surface area contributed by atoms with Gasteiger partial charge in [0.05, 0.1) is 4.92 Å². The van der Waals surface area contributed by atoms with Gasteiger partial charge < -0.3 is 5.32 Å². The lowest BCUT2D eigenvalue weighted by atomic mass is 10.1. The SMILES string of the molecule is Cc1ccc([N+](=O)[O-])cc1NCc1ccc(C2CC2)cc1. The van der Waals surface area contributed by atoms with E-state index >= 15 is 0 Å². The fourth-order valence-electron chi connectivity index (χ4n) is 2.44. The maximum atomic E-state index is 10.8. The van der Waals surface area contributed by atoms with E-state index in [2.05, 4.69) is 29.6 Å². The molecule has 1 N–H and O–H groups in total. The summed E-state index contributed by atoms with van der Waals surface area (Å²) in [4.78, 5) is 10.5. The van der Waals surface area contributed by atoms with E-state index < -0.39 is 0 Å². The molecule has 1 aliphatic carbocycles. The summed E-state index contributed by atoms with van der Waals surface area (Å²) in [5, 5.41) is 14.1. The normalized spacial score (nSPS) is 14.0. The molecular weight excluding hydrogens is 264 g/mol. The second-order valence-electron chi connectivity index (χ2n) is 5.63. The summed E-state index contributed by atoms with van der Waals surface area (Å²) >= 11 is 0. The Bertz CT molecular complexity index is 661. The number of nitro benzene ring substituents is 1. The van der Waals surface area contributed by atoms with E-state index in [1.54, 1.807) is 12.1 Å². The first-order valence-corrected chi connectivity index (χ1v) is 7.21. The lowest BCUT2D eigenvalue weighted by molar-refractivity contribution is -0.384. The Morgan fingerprint density at radius 1 is 1.19 bits per heavy atom. The number of nitrogens with one attached hydrogen (secondary N) is 1. The van der Waals surface area contributed by atoms with Crippen molar-refractivity contribution in [3.63, 3.8) is 0 Å². The van der Waals surface area contributed by atoms with Crippen molar-refractivity contribution in [3.05, 3.63) is 69.3 Å². The molecule has 2 aromatic carbocycles. The Morgan fingerprint density at radius 2 is 1.90 bits per heavy atom. The maximum absolute atomic E-state index is 10.8. The molecule has 4 heteroatoms. The molecule has 3 rings (SSSR count). The molecule has 0 aliphatic heterocycles. The molecule has 0 atom stereocenters. The fourth-order valence-corrected chi connectivity index (χ4v) is 2.44. The van der Waals surface area contributed by atoms with Gasteiger partial charge >= 0.3 is 0 Å². The summed E-state index contributed by atoms with van der Waals surface area (Å²) < 4.78 is 0. The number of anilines is 1. The summed E-state index contributed by atoms with van der Waals surface area (Å²) in [6.07, 6.45) is 2.62. The van der Waals surface area contributed by atoms with E-state index in [1.165, 1.54) is 30.0 Å². The van der Waals surface area contributed by atoms with Gasteiger partial charge in [0.2, 0.25) is 0 Å². The van der Waals surface area contributed by atoms with Gasteiger partial charge in [-0.15, -0.1) is 0 Å². The van der Waals surface area contributed by atoms with Crippen LogP contribution in [0.25, 0.3) is 0 Å². The van der Waals surface area contributed by atoms with Gasteiger partial charge in [0.15, 0.2) is 0 Å². The smallest absolute Gasteiger partial charge is 0.271 e. The third-order valence-corrected chi connectivity index (χ3v) is 3.94. The predicted octanol–water partition coefficient (Wildman–Crippen LogP) is 4.39. The van der Waals surface area contributed by atoms with Gasteiger partial charge in [-0.3, -0.25) is 10.1 Å². The van der Waals surface area contributed by atoms with Crippen LogP contribution >= 0.6 is 0 Å². The molecule has 4 nitrogen and oxygen atoms in total. The number of aryl methyl sites for hydroxylation is 1. The van der Waals surface area contributed by atoms with Crippen molar-refractivity contribution in [1.29, 1.82) is 0 Å². The molecule has 0 unspecified atom stereocenters. The summed E-state index contributed by atoms with van der Waals surface area (Å²) in [5.74, 6) is 0.769. The summed E-state index contributed by atoms with van der Waals surface area (Å²) in [6, 6.07) is 13.5. The van der Waals surface area contributed by atoms with Crippen molar-refractivity contribution in [3.8, 4) is 0 Å². The largest absolute Gasteiger partial charge is 0.381 e. The third kappa shape index (κ3) is 3.21. The van der Waals surface area contributed by atoms with Crippen LogP contribution in [0.1, 0.15) is 35.4 Å². The monoisotopic (exact) mass is 282 g/mol. The minimum Gasteiger partial charge on any atom is -0.381 e.